The molecule has 8 atom stereocenters. The number of fused-ring (bicyclic) bond motifs is 3. The van der Waals surface area contributed by atoms with Crippen LogP contribution in [0.5, 0.6) is 0 Å². The molecule has 3 aliphatic carbocycles. The van der Waals surface area contributed by atoms with Crippen molar-refractivity contribution >= 4 is 11.9 Å². The molecule has 0 aliphatic heterocycles. The highest BCUT2D eigenvalue weighted by atomic mass is 16.4. The van der Waals surface area contributed by atoms with Gasteiger partial charge in [0.2, 0.25) is 0 Å². The van der Waals surface area contributed by atoms with Crippen LogP contribution in [0, 0.1) is 52.3 Å². The van der Waals surface area contributed by atoms with E-state index in [0.29, 0.717) is 17.8 Å². The second kappa shape index (κ2) is 9.50. The average molecular weight is 447 g/mol. The summed E-state index contributed by atoms with van der Waals surface area (Å²) in [5, 5.41) is 19.2. The zero-order chi connectivity index (χ0) is 23.8. The molecule has 0 aromatic carbocycles. The van der Waals surface area contributed by atoms with E-state index in [4.69, 9.17) is 0 Å². The molecule has 3 rings (SSSR count). The third-order valence-electron chi connectivity index (χ3n) is 10.4. The molecule has 2 fully saturated rings. The lowest BCUT2D eigenvalue weighted by Gasteiger charge is -2.55. The van der Waals surface area contributed by atoms with Gasteiger partial charge in [-0.15, -0.1) is 0 Å². The Bertz CT molecular complexity index is 740. The van der Waals surface area contributed by atoms with E-state index < -0.39 is 17.4 Å². The number of allylic oxidation sites excluding steroid dienone is 2. The Morgan fingerprint density at radius 1 is 1.00 bits per heavy atom. The van der Waals surface area contributed by atoms with Crippen LogP contribution in [0.1, 0.15) is 99.3 Å². The topological polar surface area (TPSA) is 74.6 Å². The van der Waals surface area contributed by atoms with E-state index in [1.54, 1.807) is 0 Å². The summed E-state index contributed by atoms with van der Waals surface area (Å²) in [4.78, 5) is 23.4. The van der Waals surface area contributed by atoms with Crippen LogP contribution in [0.4, 0.5) is 0 Å². The molecule has 2 saturated carbocycles. The molecule has 0 heterocycles. The number of carboxylic acid groups (broad SMARTS) is 2. The van der Waals surface area contributed by atoms with E-state index in [9.17, 15) is 19.8 Å². The fourth-order valence-corrected chi connectivity index (χ4v) is 7.98. The Kier molecular flexibility index (Phi) is 7.52. The standard InChI is InChI=1S/C28H46O4/c1-17(2)18(3)7-8-19(4)22-11-12-23-21-10-9-20(15-25(29)30)28(6,16-26(31)32)24(21)13-14-27(22,23)5/h10,17-20,22-24H,7-9,11-16H2,1-6H3,(H,29,30)(H,31,32). The molecule has 0 bridgehead atoms. The summed E-state index contributed by atoms with van der Waals surface area (Å²) in [7, 11) is 0. The van der Waals surface area contributed by atoms with Crippen LogP contribution in [-0.4, -0.2) is 22.2 Å². The second-order valence-corrected chi connectivity index (χ2v) is 12.4. The van der Waals surface area contributed by atoms with Gasteiger partial charge in [-0.25, -0.2) is 0 Å². The Morgan fingerprint density at radius 3 is 2.28 bits per heavy atom. The van der Waals surface area contributed by atoms with Crippen LogP contribution in [-0.2, 0) is 9.59 Å². The van der Waals surface area contributed by atoms with Crippen molar-refractivity contribution in [2.45, 2.75) is 99.3 Å². The lowest BCUT2D eigenvalue weighted by Crippen LogP contribution is -2.48. The molecular weight excluding hydrogens is 400 g/mol. The van der Waals surface area contributed by atoms with Crippen molar-refractivity contribution in [3.8, 4) is 0 Å². The third kappa shape index (κ3) is 4.66. The summed E-state index contributed by atoms with van der Waals surface area (Å²) in [6.07, 6.45) is 10.4. The van der Waals surface area contributed by atoms with Crippen LogP contribution >= 0.6 is 0 Å². The molecule has 0 radical (unpaired) electrons. The van der Waals surface area contributed by atoms with Gasteiger partial charge in [0.1, 0.15) is 0 Å². The van der Waals surface area contributed by atoms with Gasteiger partial charge in [-0.1, -0.05) is 66.0 Å². The fraction of sp³-hybridized carbons (Fsp3) is 0.857. The molecule has 32 heavy (non-hydrogen) atoms. The second-order valence-electron chi connectivity index (χ2n) is 12.4. The Balaban J connectivity index is 1.82. The Labute approximate surface area is 195 Å². The van der Waals surface area contributed by atoms with Crippen LogP contribution in [0.25, 0.3) is 0 Å². The molecule has 0 amide bonds. The smallest absolute Gasteiger partial charge is 0.303 e. The molecular formula is C28H46O4. The van der Waals surface area contributed by atoms with E-state index in [-0.39, 0.29) is 24.7 Å². The molecule has 8 unspecified atom stereocenters. The Hall–Kier alpha value is -1.32. The number of hydrogen-bond donors (Lipinski definition) is 2. The first-order chi connectivity index (χ1) is 14.9. The summed E-state index contributed by atoms with van der Waals surface area (Å²) < 4.78 is 0. The van der Waals surface area contributed by atoms with Crippen LogP contribution < -0.4 is 0 Å². The van der Waals surface area contributed by atoms with Gasteiger partial charge < -0.3 is 10.2 Å². The van der Waals surface area contributed by atoms with Gasteiger partial charge in [0.15, 0.2) is 0 Å². The van der Waals surface area contributed by atoms with Crippen LogP contribution in [0.15, 0.2) is 11.6 Å². The quantitative estimate of drug-likeness (QED) is 0.372. The Morgan fingerprint density at radius 2 is 1.69 bits per heavy atom. The zero-order valence-corrected chi connectivity index (χ0v) is 21.2. The minimum absolute atomic E-state index is 0.0691. The van der Waals surface area contributed by atoms with Crippen molar-refractivity contribution < 1.29 is 19.8 Å². The normalized spacial score (nSPS) is 38.5. The number of rotatable bonds is 9. The van der Waals surface area contributed by atoms with Gasteiger partial charge in [0.25, 0.3) is 0 Å². The molecule has 0 saturated heterocycles. The fourth-order valence-electron chi connectivity index (χ4n) is 7.98. The molecule has 2 N–H and O–H groups in total. The maximum atomic E-state index is 11.8. The SMILES string of the molecule is CC(C)C(C)CCC(C)C1CCC2C3=CCC(CC(=O)O)C(C)(CC(=O)O)C3CCC21C. The minimum Gasteiger partial charge on any atom is -0.481 e. The number of aliphatic carboxylic acids is 2. The van der Waals surface area contributed by atoms with Gasteiger partial charge in [-0.05, 0) is 84.4 Å². The highest BCUT2D eigenvalue weighted by Gasteiger charge is 2.58. The number of hydrogen-bond acceptors (Lipinski definition) is 2. The summed E-state index contributed by atoms with van der Waals surface area (Å²) in [5.74, 6) is 2.00. The van der Waals surface area contributed by atoms with Gasteiger partial charge in [-0.3, -0.25) is 9.59 Å². The monoisotopic (exact) mass is 446 g/mol. The molecule has 182 valence electrons. The summed E-state index contributed by atoms with van der Waals surface area (Å²) >= 11 is 0. The number of carboxylic acids is 2. The summed E-state index contributed by atoms with van der Waals surface area (Å²) in [5.41, 5.74) is 1.31. The van der Waals surface area contributed by atoms with Crippen molar-refractivity contribution in [3.63, 3.8) is 0 Å². The highest BCUT2D eigenvalue weighted by molar-refractivity contribution is 5.70. The molecule has 0 spiro atoms. The van der Waals surface area contributed by atoms with E-state index >= 15 is 0 Å². The lowest BCUT2D eigenvalue weighted by molar-refractivity contribution is -0.146. The maximum Gasteiger partial charge on any atom is 0.303 e. The van der Waals surface area contributed by atoms with Crippen molar-refractivity contribution in [2.24, 2.45) is 52.3 Å². The van der Waals surface area contributed by atoms with E-state index in [1.807, 2.05) is 0 Å². The predicted molar refractivity (Wildman–Crippen MR) is 128 cm³/mol. The van der Waals surface area contributed by atoms with Gasteiger partial charge in [0, 0.05) is 6.42 Å². The van der Waals surface area contributed by atoms with E-state index in [2.05, 4.69) is 47.6 Å². The molecule has 0 aromatic heterocycles. The van der Waals surface area contributed by atoms with Gasteiger partial charge in [0.05, 0.1) is 6.42 Å². The molecule has 3 aliphatic rings. The molecule has 4 heteroatoms. The van der Waals surface area contributed by atoms with Crippen LogP contribution in [0.2, 0.25) is 0 Å². The molecule has 0 aromatic rings. The maximum absolute atomic E-state index is 11.8. The average Bonchev–Trinajstić information content (AvgIpc) is 3.04. The molecule has 4 nitrogen and oxygen atoms in total. The summed E-state index contributed by atoms with van der Waals surface area (Å²) in [6, 6.07) is 0. The predicted octanol–water partition coefficient (Wildman–Crippen LogP) is 7.04. The first-order valence-corrected chi connectivity index (χ1v) is 13.0. The van der Waals surface area contributed by atoms with E-state index in [1.165, 1.54) is 31.3 Å². The first kappa shape index (κ1) is 25.3. The van der Waals surface area contributed by atoms with Crippen LogP contribution in [0.3, 0.4) is 0 Å². The zero-order valence-electron chi connectivity index (χ0n) is 21.2. The third-order valence-corrected chi connectivity index (χ3v) is 10.4. The number of carbonyl (C=O) groups is 2. The summed E-state index contributed by atoms with van der Waals surface area (Å²) in [6.45, 7) is 14.1. The van der Waals surface area contributed by atoms with Crippen molar-refractivity contribution in [2.75, 3.05) is 0 Å². The van der Waals surface area contributed by atoms with Gasteiger partial charge >= 0.3 is 11.9 Å². The first-order valence-electron chi connectivity index (χ1n) is 13.0. The van der Waals surface area contributed by atoms with Crippen molar-refractivity contribution in [1.29, 1.82) is 0 Å². The van der Waals surface area contributed by atoms with E-state index in [0.717, 1.165) is 36.5 Å². The largest absolute Gasteiger partial charge is 0.481 e. The van der Waals surface area contributed by atoms with Crippen molar-refractivity contribution in [1.82, 2.24) is 0 Å². The lowest BCUT2D eigenvalue weighted by atomic mass is 9.49. The van der Waals surface area contributed by atoms with Crippen molar-refractivity contribution in [3.05, 3.63) is 11.6 Å². The van der Waals surface area contributed by atoms with Gasteiger partial charge in [-0.2, -0.15) is 0 Å². The highest BCUT2D eigenvalue weighted by Crippen LogP contribution is 2.66. The minimum atomic E-state index is -0.811.